The summed E-state index contributed by atoms with van der Waals surface area (Å²) in [7, 11) is 0. The van der Waals surface area contributed by atoms with Gasteiger partial charge < -0.3 is 19.3 Å². The molecule has 6 rings (SSSR count). The number of ether oxygens (including phenoxy) is 1. The number of piperazine rings is 1. The normalized spacial score (nSPS) is 21.8. The summed E-state index contributed by atoms with van der Waals surface area (Å²) in [6.07, 6.45) is 1.33. The predicted molar refractivity (Wildman–Crippen MR) is 127 cm³/mol. The fourth-order valence-corrected chi connectivity index (χ4v) is 5.59. The molecule has 182 valence electrons. The van der Waals surface area contributed by atoms with Crippen LogP contribution in [0.1, 0.15) is 34.9 Å². The van der Waals surface area contributed by atoms with Crippen LogP contribution >= 0.6 is 0 Å². The Balaban J connectivity index is 1.35. The maximum Gasteiger partial charge on any atom is 0.341 e. The van der Waals surface area contributed by atoms with Crippen molar-refractivity contribution in [1.29, 1.82) is 0 Å². The number of hydroxylamine groups is 1. The number of carbonyl (C=O) groups is 1. The number of carboxylic acids is 1. The van der Waals surface area contributed by atoms with E-state index in [2.05, 4.69) is 4.90 Å². The van der Waals surface area contributed by atoms with Gasteiger partial charge in [-0.2, -0.15) is 0 Å². The topological polar surface area (TPSA) is 98.5 Å². The number of aromatic carboxylic acids is 1. The molecule has 2 atom stereocenters. The second kappa shape index (κ2) is 7.96. The lowest BCUT2D eigenvalue weighted by Gasteiger charge is -2.40. The molecule has 1 fully saturated rings. The van der Waals surface area contributed by atoms with Crippen molar-refractivity contribution in [2.75, 3.05) is 49.3 Å². The summed E-state index contributed by atoms with van der Waals surface area (Å²) in [5, 5.41) is 21.1. The molecule has 35 heavy (non-hydrogen) atoms. The Hall–Kier alpha value is -3.63. The van der Waals surface area contributed by atoms with Crippen LogP contribution in [-0.4, -0.2) is 65.1 Å². The monoisotopic (exact) mass is 480 g/mol. The van der Waals surface area contributed by atoms with E-state index in [0.29, 0.717) is 43.9 Å². The Labute approximate surface area is 200 Å². The number of para-hydroxylation sites is 1. The van der Waals surface area contributed by atoms with E-state index in [0.717, 1.165) is 17.3 Å². The third-order valence-corrected chi connectivity index (χ3v) is 7.36. The van der Waals surface area contributed by atoms with Crippen LogP contribution in [0.5, 0.6) is 5.75 Å². The third kappa shape index (κ3) is 3.28. The molecule has 10 heteroatoms. The van der Waals surface area contributed by atoms with Crippen molar-refractivity contribution in [2.45, 2.75) is 19.0 Å². The number of hydrogen-bond acceptors (Lipinski definition) is 7. The van der Waals surface area contributed by atoms with Gasteiger partial charge in [0.1, 0.15) is 17.9 Å². The van der Waals surface area contributed by atoms with E-state index in [1.165, 1.54) is 11.3 Å². The molecule has 3 aromatic rings. The summed E-state index contributed by atoms with van der Waals surface area (Å²) in [5.74, 6) is -1.65. The molecule has 0 amide bonds. The number of fused-ring (bicyclic) bond motifs is 1. The molecule has 0 saturated carbocycles. The van der Waals surface area contributed by atoms with Gasteiger partial charge in [-0.25, -0.2) is 9.18 Å². The molecule has 0 spiro atoms. The van der Waals surface area contributed by atoms with E-state index in [1.54, 1.807) is 4.57 Å². The van der Waals surface area contributed by atoms with E-state index in [-0.39, 0.29) is 35.4 Å². The highest BCUT2D eigenvalue weighted by molar-refractivity contribution is 5.97. The molecule has 0 radical (unpaired) electrons. The smallest absolute Gasteiger partial charge is 0.341 e. The van der Waals surface area contributed by atoms with Gasteiger partial charge in [0.15, 0.2) is 11.6 Å². The summed E-state index contributed by atoms with van der Waals surface area (Å²) in [6, 6.07) is 8.77. The largest absolute Gasteiger partial charge is 0.487 e. The summed E-state index contributed by atoms with van der Waals surface area (Å²) < 4.78 is 23.2. The third-order valence-electron chi connectivity index (χ3n) is 7.36. The summed E-state index contributed by atoms with van der Waals surface area (Å²) in [5.41, 5.74) is 1.52. The van der Waals surface area contributed by atoms with Gasteiger partial charge in [-0.05, 0) is 24.6 Å². The average Bonchev–Trinajstić information content (AvgIpc) is 3.19. The molecule has 9 nitrogen and oxygen atoms in total. The van der Waals surface area contributed by atoms with Gasteiger partial charge in [-0.3, -0.25) is 20.0 Å². The molecule has 1 aromatic heterocycles. The SMILES string of the molecule is CC1COc2c(N3CCN(C4CN(O)c5ccccc54)CC3)c(F)cc3c(=O)c(C(=O)O)cn1c23. The molecule has 0 bridgehead atoms. The molecule has 2 aromatic carbocycles. The first-order chi connectivity index (χ1) is 16.8. The molecular weight excluding hydrogens is 455 g/mol. The number of halogens is 1. The van der Waals surface area contributed by atoms with Crippen molar-refractivity contribution in [2.24, 2.45) is 0 Å². The van der Waals surface area contributed by atoms with Crippen LogP contribution in [0.4, 0.5) is 15.8 Å². The van der Waals surface area contributed by atoms with Crippen molar-refractivity contribution >= 4 is 28.2 Å². The van der Waals surface area contributed by atoms with E-state index in [9.17, 15) is 19.9 Å². The number of pyridine rings is 1. The average molecular weight is 480 g/mol. The minimum Gasteiger partial charge on any atom is -0.487 e. The predicted octanol–water partition coefficient (Wildman–Crippen LogP) is 2.86. The van der Waals surface area contributed by atoms with Gasteiger partial charge in [-0.15, -0.1) is 0 Å². The van der Waals surface area contributed by atoms with E-state index >= 15 is 4.39 Å². The van der Waals surface area contributed by atoms with Crippen LogP contribution in [0.3, 0.4) is 0 Å². The molecule has 2 N–H and O–H groups in total. The molecular formula is C25H25FN4O5. The number of benzene rings is 2. The van der Waals surface area contributed by atoms with Crippen LogP contribution in [0, 0.1) is 5.82 Å². The van der Waals surface area contributed by atoms with Gasteiger partial charge in [0.25, 0.3) is 0 Å². The first-order valence-electron chi connectivity index (χ1n) is 11.7. The standard InChI is InChI=1S/C25H25FN4O5/c1-14-13-35-24-21-16(23(31)17(25(32)33)11-29(14)21)10-18(26)22(24)28-8-6-27(7-9-28)20-12-30(34)19-5-3-2-4-15(19)20/h2-5,10-11,14,20,34H,6-9,12-13H2,1H3,(H,32,33). The lowest BCUT2D eigenvalue weighted by Crippen LogP contribution is -2.48. The maximum absolute atomic E-state index is 15.5. The lowest BCUT2D eigenvalue weighted by molar-refractivity contribution is 0.0694. The van der Waals surface area contributed by atoms with Crippen LogP contribution in [0.2, 0.25) is 0 Å². The number of carboxylic acid groups (broad SMARTS) is 1. The summed E-state index contributed by atoms with van der Waals surface area (Å²) in [6.45, 7) is 4.98. The Kier molecular flexibility index (Phi) is 4.97. The zero-order valence-corrected chi connectivity index (χ0v) is 19.1. The van der Waals surface area contributed by atoms with Crippen molar-refractivity contribution in [1.82, 2.24) is 9.47 Å². The number of aromatic nitrogens is 1. The second-order valence-corrected chi connectivity index (χ2v) is 9.36. The van der Waals surface area contributed by atoms with E-state index in [1.807, 2.05) is 36.1 Å². The zero-order chi connectivity index (χ0) is 24.4. The van der Waals surface area contributed by atoms with Gasteiger partial charge in [0.05, 0.1) is 35.2 Å². The van der Waals surface area contributed by atoms with Crippen LogP contribution in [0.25, 0.3) is 10.9 Å². The number of nitrogens with zero attached hydrogens (tertiary/aromatic N) is 4. The van der Waals surface area contributed by atoms with Crippen LogP contribution in [0.15, 0.2) is 41.3 Å². The van der Waals surface area contributed by atoms with Crippen LogP contribution < -0.4 is 20.1 Å². The first kappa shape index (κ1) is 21.9. The molecule has 1 saturated heterocycles. The minimum absolute atomic E-state index is 0.0111. The van der Waals surface area contributed by atoms with Crippen LogP contribution in [-0.2, 0) is 0 Å². The molecule has 0 aliphatic carbocycles. The fourth-order valence-electron chi connectivity index (χ4n) is 5.59. The van der Waals surface area contributed by atoms with Crippen molar-refractivity contribution in [3.05, 3.63) is 63.7 Å². The van der Waals surface area contributed by atoms with Gasteiger partial charge in [0, 0.05) is 32.4 Å². The van der Waals surface area contributed by atoms with Gasteiger partial charge in [-0.1, -0.05) is 18.2 Å². The van der Waals surface area contributed by atoms with Crippen molar-refractivity contribution in [3.8, 4) is 5.75 Å². The zero-order valence-electron chi connectivity index (χ0n) is 19.1. The summed E-state index contributed by atoms with van der Waals surface area (Å²) >= 11 is 0. The minimum atomic E-state index is -1.34. The van der Waals surface area contributed by atoms with Crippen molar-refractivity contribution in [3.63, 3.8) is 0 Å². The molecule has 4 heterocycles. The summed E-state index contributed by atoms with van der Waals surface area (Å²) in [4.78, 5) is 28.6. The lowest BCUT2D eigenvalue weighted by atomic mass is 10.0. The van der Waals surface area contributed by atoms with E-state index < -0.39 is 17.2 Å². The highest BCUT2D eigenvalue weighted by atomic mass is 19.1. The Bertz CT molecular complexity index is 1420. The fraction of sp³-hybridized carbons (Fsp3) is 0.360. The molecule has 3 aliphatic rings. The molecule has 2 unspecified atom stereocenters. The molecule has 3 aliphatic heterocycles. The first-order valence-corrected chi connectivity index (χ1v) is 11.7. The second-order valence-electron chi connectivity index (χ2n) is 9.36. The number of hydrogen-bond donors (Lipinski definition) is 2. The quantitative estimate of drug-likeness (QED) is 0.591. The Morgan fingerprint density at radius 1 is 1.17 bits per heavy atom. The van der Waals surface area contributed by atoms with Crippen molar-refractivity contribution < 1.29 is 24.2 Å². The van der Waals surface area contributed by atoms with E-state index in [4.69, 9.17) is 4.74 Å². The Morgan fingerprint density at radius 2 is 1.91 bits per heavy atom. The number of anilines is 2. The number of rotatable bonds is 3. The van der Waals surface area contributed by atoms with Gasteiger partial charge >= 0.3 is 5.97 Å². The highest BCUT2D eigenvalue weighted by Crippen LogP contribution is 2.43. The highest BCUT2D eigenvalue weighted by Gasteiger charge is 2.36. The maximum atomic E-state index is 15.5. The van der Waals surface area contributed by atoms with Gasteiger partial charge in [0.2, 0.25) is 5.43 Å². The Morgan fingerprint density at radius 3 is 2.66 bits per heavy atom.